The summed E-state index contributed by atoms with van der Waals surface area (Å²) < 4.78 is 30.9. The average molecular weight is 216 g/mol. The third kappa shape index (κ3) is 2.90. The first-order valence-corrected chi connectivity index (χ1v) is 4.37. The Morgan fingerprint density at radius 3 is 2.67 bits per heavy atom. The van der Waals surface area contributed by atoms with Crippen molar-refractivity contribution in [2.24, 2.45) is 0 Å². The highest BCUT2D eigenvalue weighted by Gasteiger charge is 2.14. The van der Waals surface area contributed by atoms with Crippen LogP contribution in [0.2, 0.25) is 0 Å². The Kier molecular flexibility index (Phi) is 3.60. The number of hydrogen-bond donors (Lipinski definition) is 1. The molecule has 1 aromatic carbocycles. The molecule has 0 radical (unpaired) electrons. The zero-order valence-electron chi connectivity index (χ0n) is 8.09. The van der Waals surface area contributed by atoms with Gasteiger partial charge in [0.2, 0.25) is 0 Å². The Balaban J connectivity index is 3.13. The van der Waals surface area contributed by atoms with E-state index in [4.69, 9.17) is 9.84 Å². The van der Waals surface area contributed by atoms with Crippen molar-refractivity contribution in [3.63, 3.8) is 0 Å². The smallest absolute Gasteiger partial charge is 0.307 e. The van der Waals surface area contributed by atoms with E-state index in [0.717, 1.165) is 6.07 Å². The summed E-state index contributed by atoms with van der Waals surface area (Å²) in [4.78, 5) is 10.4. The van der Waals surface area contributed by atoms with E-state index in [-0.39, 0.29) is 17.9 Å². The maximum Gasteiger partial charge on any atom is 0.307 e. The largest absolute Gasteiger partial charge is 0.490 e. The lowest BCUT2D eigenvalue weighted by Crippen LogP contribution is -2.06. The Morgan fingerprint density at radius 2 is 2.13 bits per heavy atom. The first-order valence-electron chi connectivity index (χ1n) is 4.37. The lowest BCUT2D eigenvalue weighted by atomic mass is 10.1. The molecule has 0 aliphatic carbocycles. The molecule has 0 saturated carbocycles. The number of carboxylic acid groups (broad SMARTS) is 1. The Labute approximate surface area is 85.3 Å². The Hall–Kier alpha value is -1.65. The van der Waals surface area contributed by atoms with Crippen molar-refractivity contribution in [2.75, 3.05) is 6.61 Å². The summed E-state index contributed by atoms with van der Waals surface area (Å²) in [5, 5.41) is 8.54. The van der Waals surface area contributed by atoms with Crippen molar-refractivity contribution in [3.05, 3.63) is 29.3 Å². The number of carbonyl (C=O) groups is 1. The van der Waals surface area contributed by atoms with Crippen molar-refractivity contribution in [2.45, 2.75) is 13.3 Å². The van der Waals surface area contributed by atoms with E-state index < -0.39 is 24.0 Å². The van der Waals surface area contributed by atoms with Crippen LogP contribution >= 0.6 is 0 Å². The fourth-order valence-corrected chi connectivity index (χ4v) is 1.21. The van der Waals surface area contributed by atoms with Gasteiger partial charge in [-0.2, -0.15) is 0 Å². The molecule has 82 valence electrons. The summed E-state index contributed by atoms with van der Waals surface area (Å²) in [5.41, 5.74) is 0.00171. The highest BCUT2D eigenvalue weighted by Crippen LogP contribution is 2.24. The molecule has 1 N–H and O–H groups in total. The minimum Gasteiger partial charge on any atom is -0.490 e. The summed E-state index contributed by atoms with van der Waals surface area (Å²) in [5.74, 6) is -3.05. The maximum atomic E-state index is 13.2. The van der Waals surface area contributed by atoms with E-state index in [1.54, 1.807) is 6.92 Å². The van der Waals surface area contributed by atoms with Crippen molar-refractivity contribution in [3.8, 4) is 5.75 Å². The average Bonchev–Trinajstić information content (AvgIpc) is 2.10. The molecule has 1 rings (SSSR count). The van der Waals surface area contributed by atoms with Gasteiger partial charge in [0.05, 0.1) is 13.0 Å². The second-order valence-electron chi connectivity index (χ2n) is 2.88. The predicted octanol–water partition coefficient (Wildman–Crippen LogP) is 1.99. The van der Waals surface area contributed by atoms with Gasteiger partial charge >= 0.3 is 5.97 Å². The fourth-order valence-electron chi connectivity index (χ4n) is 1.21. The molecule has 15 heavy (non-hydrogen) atoms. The van der Waals surface area contributed by atoms with E-state index in [9.17, 15) is 13.6 Å². The minimum atomic E-state index is -1.17. The van der Waals surface area contributed by atoms with Gasteiger partial charge in [-0.15, -0.1) is 0 Å². The summed E-state index contributed by atoms with van der Waals surface area (Å²) in [6, 6.07) is 1.62. The van der Waals surface area contributed by atoms with Gasteiger partial charge in [-0.25, -0.2) is 8.78 Å². The third-order valence-corrected chi connectivity index (χ3v) is 1.72. The fraction of sp³-hybridized carbons (Fsp3) is 0.300. The summed E-state index contributed by atoms with van der Waals surface area (Å²) in [6.45, 7) is 1.82. The van der Waals surface area contributed by atoms with Crippen molar-refractivity contribution in [1.82, 2.24) is 0 Å². The van der Waals surface area contributed by atoms with Crippen molar-refractivity contribution in [1.29, 1.82) is 0 Å². The molecule has 0 spiro atoms. The first kappa shape index (κ1) is 11.4. The van der Waals surface area contributed by atoms with Crippen LogP contribution in [-0.2, 0) is 11.2 Å². The van der Waals surface area contributed by atoms with Gasteiger partial charge in [0.15, 0.2) is 11.6 Å². The molecule has 0 fully saturated rings. The van der Waals surface area contributed by atoms with E-state index >= 15 is 0 Å². The number of carboxylic acids is 1. The summed E-state index contributed by atoms with van der Waals surface area (Å²) in [6.07, 6.45) is -0.468. The summed E-state index contributed by atoms with van der Waals surface area (Å²) in [7, 11) is 0. The van der Waals surface area contributed by atoms with Gasteiger partial charge in [0.1, 0.15) is 5.82 Å². The molecule has 0 aromatic heterocycles. The molecule has 0 unspecified atom stereocenters. The van der Waals surface area contributed by atoms with E-state index in [1.165, 1.54) is 0 Å². The number of hydrogen-bond acceptors (Lipinski definition) is 2. The second-order valence-corrected chi connectivity index (χ2v) is 2.88. The normalized spacial score (nSPS) is 10.1. The third-order valence-electron chi connectivity index (χ3n) is 1.72. The van der Waals surface area contributed by atoms with Crippen LogP contribution in [0.1, 0.15) is 12.5 Å². The quantitative estimate of drug-likeness (QED) is 0.837. The number of ether oxygens (including phenoxy) is 1. The maximum absolute atomic E-state index is 13.2. The lowest BCUT2D eigenvalue weighted by Gasteiger charge is -2.09. The lowest BCUT2D eigenvalue weighted by molar-refractivity contribution is -0.136. The molecule has 5 heteroatoms. The van der Waals surface area contributed by atoms with E-state index in [2.05, 4.69) is 0 Å². The van der Waals surface area contributed by atoms with Crippen LogP contribution in [0.15, 0.2) is 12.1 Å². The van der Waals surface area contributed by atoms with Crippen LogP contribution in [0, 0.1) is 11.6 Å². The zero-order valence-corrected chi connectivity index (χ0v) is 8.09. The van der Waals surface area contributed by atoms with Crippen LogP contribution in [-0.4, -0.2) is 17.7 Å². The topological polar surface area (TPSA) is 46.5 Å². The van der Waals surface area contributed by atoms with E-state index in [0.29, 0.717) is 6.07 Å². The SMILES string of the molecule is CCOc1c(F)cc(F)cc1CC(=O)O. The number of benzene rings is 1. The molecular weight excluding hydrogens is 206 g/mol. The van der Waals surface area contributed by atoms with Gasteiger partial charge in [-0.05, 0) is 13.0 Å². The molecule has 0 heterocycles. The number of halogens is 2. The molecular formula is C10H10F2O3. The predicted molar refractivity (Wildman–Crippen MR) is 48.9 cm³/mol. The van der Waals surface area contributed by atoms with Gasteiger partial charge in [0.25, 0.3) is 0 Å². The highest BCUT2D eigenvalue weighted by atomic mass is 19.1. The molecule has 0 atom stereocenters. The van der Waals surface area contributed by atoms with Crippen LogP contribution < -0.4 is 4.74 Å². The molecule has 0 bridgehead atoms. The van der Waals surface area contributed by atoms with Gasteiger partial charge in [-0.1, -0.05) is 0 Å². The summed E-state index contributed by atoms with van der Waals surface area (Å²) >= 11 is 0. The van der Waals surface area contributed by atoms with Crippen molar-refractivity contribution < 1.29 is 23.4 Å². The molecule has 0 amide bonds. The Morgan fingerprint density at radius 1 is 1.47 bits per heavy atom. The van der Waals surface area contributed by atoms with E-state index in [1.807, 2.05) is 0 Å². The van der Waals surface area contributed by atoms with Crippen molar-refractivity contribution >= 4 is 5.97 Å². The number of aliphatic carboxylic acids is 1. The first-order chi connectivity index (χ1) is 7.04. The molecule has 1 aromatic rings. The van der Waals surface area contributed by atoms with Gasteiger partial charge in [-0.3, -0.25) is 4.79 Å². The zero-order chi connectivity index (χ0) is 11.4. The van der Waals surface area contributed by atoms with Gasteiger partial charge < -0.3 is 9.84 Å². The van der Waals surface area contributed by atoms with Crippen LogP contribution in [0.5, 0.6) is 5.75 Å². The monoisotopic (exact) mass is 216 g/mol. The van der Waals surface area contributed by atoms with Gasteiger partial charge in [0, 0.05) is 11.6 Å². The molecule has 0 aliphatic heterocycles. The standard InChI is InChI=1S/C10H10F2O3/c1-2-15-10-6(4-9(13)14)3-7(11)5-8(10)12/h3,5H,2,4H2,1H3,(H,13,14). The second kappa shape index (κ2) is 4.72. The molecule has 0 aliphatic rings. The van der Waals surface area contributed by atoms with Crippen LogP contribution in [0.25, 0.3) is 0 Å². The minimum absolute atomic E-state index is 0.00171. The molecule has 3 nitrogen and oxygen atoms in total. The van der Waals surface area contributed by atoms with Crippen LogP contribution in [0.3, 0.4) is 0 Å². The van der Waals surface area contributed by atoms with Crippen LogP contribution in [0.4, 0.5) is 8.78 Å². The molecule has 0 saturated heterocycles. The number of rotatable bonds is 4. The highest BCUT2D eigenvalue weighted by molar-refractivity contribution is 5.71. The Bertz CT molecular complexity index is 377.